The van der Waals surface area contributed by atoms with Crippen molar-refractivity contribution in [3.63, 3.8) is 0 Å². The quantitative estimate of drug-likeness (QED) is 0.708. The Balaban J connectivity index is 2.44. The number of hydrogen-bond acceptors (Lipinski definition) is 3. The maximum absolute atomic E-state index is 9.20. The van der Waals surface area contributed by atoms with E-state index in [1.54, 1.807) is 12.1 Å². The van der Waals surface area contributed by atoms with Crippen LogP contribution in [0.25, 0.3) is 0 Å². The molecular weight excluding hydrogens is 214 g/mol. The first-order valence-electron chi connectivity index (χ1n) is 6.17. The van der Waals surface area contributed by atoms with Gasteiger partial charge >= 0.3 is 0 Å². The summed E-state index contributed by atoms with van der Waals surface area (Å²) in [4.78, 5) is 0. The molecule has 0 saturated heterocycles. The summed E-state index contributed by atoms with van der Waals surface area (Å²) in [5.41, 5.74) is 1.20. The van der Waals surface area contributed by atoms with Gasteiger partial charge in [-0.15, -0.1) is 0 Å². The van der Waals surface area contributed by atoms with Gasteiger partial charge in [-0.1, -0.05) is 19.1 Å². The second kappa shape index (κ2) is 6.62. The number of rotatable bonds is 6. The minimum atomic E-state index is 0.208. The lowest BCUT2D eigenvalue weighted by molar-refractivity contribution is 0.202. The molecule has 0 aliphatic rings. The van der Waals surface area contributed by atoms with Gasteiger partial charge in [0, 0.05) is 18.7 Å². The third-order valence-electron chi connectivity index (χ3n) is 3.17. The van der Waals surface area contributed by atoms with Crippen LogP contribution in [-0.4, -0.2) is 28.9 Å². The zero-order valence-corrected chi connectivity index (χ0v) is 10.9. The molecular formula is C14H23NO2. The van der Waals surface area contributed by atoms with Crippen LogP contribution < -0.4 is 5.32 Å². The van der Waals surface area contributed by atoms with Gasteiger partial charge in [0.15, 0.2) is 0 Å². The second-order valence-electron chi connectivity index (χ2n) is 4.89. The fourth-order valence-electron chi connectivity index (χ4n) is 1.82. The molecule has 1 aromatic rings. The summed E-state index contributed by atoms with van der Waals surface area (Å²) in [5.74, 6) is 0.564. The minimum Gasteiger partial charge on any atom is -0.508 e. The number of hydrogen-bond donors (Lipinski definition) is 3. The molecule has 0 fully saturated rings. The Morgan fingerprint density at radius 3 is 2.24 bits per heavy atom. The van der Waals surface area contributed by atoms with Gasteiger partial charge in [-0.2, -0.15) is 0 Å². The molecule has 3 unspecified atom stereocenters. The van der Waals surface area contributed by atoms with Gasteiger partial charge in [0.25, 0.3) is 0 Å². The van der Waals surface area contributed by atoms with Crippen LogP contribution in [0.1, 0.15) is 26.3 Å². The van der Waals surface area contributed by atoms with Crippen LogP contribution in [0, 0.1) is 5.92 Å². The molecule has 0 aromatic heterocycles. The van der Waals surface area contributed by atoms with E-state index in [2.05, 4.69) is 19.2 Å². The number of aliphatic hydroxyl groups excluding tert-OH is 1. The minimum absolute atomic E-state index is 0.208. The number of phenols is 1. The lowest BCUT2D eigenvalue weighted by Gasteiger charge is -2.24. The maximum atomic E-state index is 9.20. The molecule has 0 aliphatic heterocycles. The molecule has 0 amide bonds. The zero-order valence-electron chi connectivity index (χ0n) is 10.9. The van der Waals surface area contributed by atoms with Crippen LogP contribution in [0.2, 0.25) is 0 Å². The molecule has 0 saturated carbocycles. The van der Waals surface area contributed by atoms with E-state index >= 15 is 0 Å². The van der Waals surface area contributed by atoms with Crippen molar-refractivity contribution in [3.8, 4) is 5.75 Å². The molecule has 3 nitrogen and oxygen atoms in total. The largest absolute Gasteiger partial charge is 0.508 e. The normalized spacial score (nSPS) is 16.5. The predicted molar refractivity (Wildman–Crippen MR) is 70.1 cm³/mol. The highest BCUT2D eigenvalue weighted by Crippen LogP contribution is 2.12. The highest BCUT2D eigenvalue weighted by Gasteiger charge is 2.13. The smallest absolute Gasteiger partial charge is 0.115 e. The van der Waals surface area contributed by atoms with Gasteiger partial charge in [0.2, 0.25) is 0 Å². The number of nitrogens with one attached hydrogen (secondary N) is 1. The van der Waals surface area contributed by atoms with Crippen molar-refractivity contribution in [2.45, 2.75) is 39.3 Å². The topological polar surface area (TPSA) is 52.5 Å². The molecule has 0 spiro atoms. The summed E-state index contributed by atoms with van der Waals surface area (Å²) < 4.78 is 0. The molecule has 1 rings (SSSR count). The summed E-state index contributed by atoms with van der Waals surface area (Å²) in [5, 5.41) is 21.7. The van der Waals surface area contributed by atoms with Crippen LogP contribution >= 0.6 is 0 Å². The third-order valence-corrected chi connectivity index (χ3v) is 3.17. The molecule has 0 bridgehead atoms. The number of aromatic hydroxyl groups is 1. The van der Waals surface area contributed by atoms with E-state index in [0.717, 1.165) is 6.42 Å². The molecule has 96 valence electrons. The molecule has 17 heavy (non-hydrogen) atoms. The monoisotopic (exact) mass is 237 g/mol. The summed E-state index contributed by atoms with van der Waals surface area (Å²) in [6.07, 6.45) is 0.919. The number of aliphatic hydroxyl groups is 1. The van der Waals surface area contributed by atoms with E-state index in [4.69, 9.17) is 5.11 Å². The van der Waals surface area contributed by atoms with Gasteiger partial charge in [-0.05, 0) is 43.9 Å². The SMILES string of the molecule is CC(Cc1ccc(O)cc1)NC(C)C(C)CO. The Labute approximate surface area is 103 Å². The van der Waals surface area contributed by atoms with Crippen LogP contribution in [-0.2, 0) is 6.42 Å². The van der Waals surface area contributed by atoms with E-state index in [-0.39, 0.29) is 12.5 Å². The number of phenolic OH excluding ortho intramolecular Hbond substituents is 1. The third kappa shape index (κ3) is 4.75. The van der Waals surface area contributed by atoms with Crippen molar-refractivity contribution in [2.75, 3.05) is 6.61 Å². The molecule has 1 aromatic carbocycles. The molecule has 3 atom stereocenters. The first-order valence-corrected chi connectivity index (χ1v) is 6.17. The highest BCUT2D eigenvalue weighted by molar-refractivity contribution is 5.26. The van der Waals surface area contributed by atoms with Crippen LogP contribution in [0.4, 0.5) is 0 Å². The average Bonchev–Trinajstić information content (AvgIpc) is 2.30. The summed E-state index contributed by atoms with van der Waals surface area (Å²) >= 11 is 0. The van der Waals surface area contributed by atoms with Crippen LogP contribution in [0.3, 0.4) is 0 Å². The van der Waals surface area contributed by atoms with Crippen molar-refractivity contribution < 1.29 is 10.2 Å². The Bertz CT molecular complexity index is 323. The molecule has 0 radical (unpaired) electrons. The van der Waals surface area contributed by atoms with Gasteiger partial charge in [0.05, 0.1) is 0 Å². The molecule has 3 heteroatoms. The van der Waals surface area contributed by atoms with Crippen molar-refractivity contribution in [1.82, 2.24) is 5.32 Å². The van der Waals surface area contributed by atoms with E-state index in [1.165, 1.54) is 5.56 Å². The van der Waals surface area contributed by atoms with Gasteiger partial charge in [0.1, 0.15) is 5.75 Å². The lowest BCUT2D eigenvalue weighted by Crippen LogP contribution is -2.40. The van der Waals surface area contributed by atoms with E-state index in [1.807, 2.05) is 19.1 Å². The lowest BCUT2D eigenvalue weighted by atomic mass is 10.0. The van der Waals surface area contributed by atoms with Gasteiger partial charge < -0.3 is 15.5 Å². The highest BCUT2D eigenvalue weighted by atomic mass is 16.3. The zero-order chi connectivity index (χ0) is 12.8. The first kappa shape index (κ1) is 14.0. The second-order valence-corrected chi connectivity index (χ2v) is 4.89. The Kier molecular flexibility index (Phi) is 5.45. The van der Waals surface area contributed by atoms with Gasteiger partial charge in [-0.25, -0.2) is 0 Å². The Morgan fingerprint density at radius 2 is 1.71 bits per heavy atom. The fourth-order valence-corrected chi connectivity index (χ4v) is 1.82. The van der Waals surface area contributed by atoms with Crippen molar-refractivity contribution >= 4 is 0 Å². The standard InChI is InChI=1S/C14H23NO2/c1-10(9-16)12(3)15-11(2)8-13-4-6-14(17)7-5-13/h4-7,10-12,15-17H,8-9H2,1-3H3. The van der Waals surface area contributed by atoms with E-state index in [9.17, 15) is 5.11 Å². The molecule has 0 aliphatic carbocycles. The van der Waals surface area contributed by atoms with Crippen molar-refractivity contribution in [1.29, 1.82) is 0 Å². The van der Waals surface area contributed by atoms with E-state index in [0.29, 0.717) is 17.8 Å². The average molecular weight is 237 g/mol. The van der Waals surface area contributed by atoms with Crippen LogP contribution in [0.15, 0.2) is 24.3 Å². The van der Waals surface area contributed by atoms with Crippen molar-refractivity contribution in [3.05, 3.63) is 29.8 Å². The predicted octanol–water partition coefficient (Wildman–Crippen LogP) is 1.93. The Hall–Kier alpha value is -1.06. The fraction of sp³-hybridized carbons (Fsp3) is 0.571. The van der Waals surface area contributed by atoms with Gasteiger partial charge in [-0.3, -0.25) is 0 Å². The van der Waals surface area contributed by atoms with Crippen LogP contribution in [0.5, 0.6) is 5.75 Å². The van der Waals surface area contributed by atoms with Crippen molar-refractivity contribution in [2.24, 2.45) is 5.92 Å². The molecule has 0 heterocycles. The van der Waals surface area contributed by atoms with E-state index < -0.39 is 0 Å². The summed E-state index contributed by atoms with van der Waals surface area (Å²) in [6.45, 7) is 6.46. The molecule has 3 N–H and O–H groups in total. The summed E-state index contributed by atoms with van der Waals surface area (Å²) in [6, 6.07) is 7.95. The maximum Gasteiger partial charge on any atom is 0.115 e. The number of benzene rings is 1. The Morgan fingerprint density at radius 1 is 1.12 bits per heavy atom. The first-order chi connectivity index (χ1) is 8.02. The summed E-state index contributed by atoms with van der Waals surface area (Å²) in [7, 11) is 0.